The predicted octanol–water partition coefficient (Wildman–Crippen LogP) is 1.69. The first kappa shape index (κ1) is 19.3. The molecule has 1 fully saturated rings. The summed E-state index contributed by atoms with van der Waals surface area (Å²) in [6, 6.07) is 7.31. The molecule has 2 amide bonds. The van der Waals surface area contributed by atoms with Gasteiger partial charge in [0.25, 0.3) is 0 Å². The van der Waals surface area contributed by atoms with Gasteiger partial charge in [-0.3, -0.25) is 9.59 Å². The third-order valence-corrected chi connectivity index (χ3v) is 3.67. The van der Waals surface area contributed by atoms with Crippen LogP contribution in [-0.2, 0) is 9.59 Å². The minimum atomic E-state index is -0.126. The van der Waals surface area contributed by atoms with Crippen molar-refractivity contribution in [1.29, 1.82) is 0 Å². The van der Waals surface area contributed by atoms with Crippen molar-refractivity contribution < 1.29 is 14.3 Å². The smallest absolute Gasteiger partial charge is 0.223 e. The molecular weight excluding hydrogens is 318 g/mol. The van der Waals surface area contributed by atoms with Crippen molar-refractivity contribution in [3.05, 3.63) is 24.3 Å². The molecule has 2 unspecified atom stereocenters. The monoisotopic (exact) mass is 341 g/mol. The third-order valence-electron chi connectivity index (χ3n) is 3.67. The van der Waals surface area contributed by atoms with Gasteiger partial charge < -0.3 is 21.1 Å². The molecule has 0 radical (unpaired) electrons. The molecule has 7 heteroatoms. The maximum atomic E-state index is 11.9. The van der Waals surface area contributed by atoms with Crippen LogP contribution in [0.25, 0.3) is 0 Å². The lowest BCUT2D eigenvalue weighted by Crippen LogP contribution is -2.33. The topological polar surface area (TPSA) is 93.5 Å². The first-order chi connectivity index (χ1) is 10.5. The van der Waals surface area contributed by atoms with E-state index in [1.807, 2.05) is 6.07 Å². The fourth-order valence-corrected chi connectivity index (χ4v) is 2.61. The largest absolute Gasteiger partial charge is 0.492 e. The van der Waals surface area contributed by atoms with Crippen molar-refractivity contribution in [3.63, 3.8) is 0 Å². The van der Waals surface area contributed by atoms with Gasteiger partial charge in [0.2, 0.25) is 11.8 Å². The molecule has 1 aromatic rings. The molecule has 1 aliphatic rings. The van der Waals surface area contributed by atoms with Crippen LogP contribution in [0.5, 0.6) is 5.75 Å². The average molecular weight is 342 g/mol. The van der Waals surface area contributed by atoms with Crippen molar-refractivity contribution >= 4 is 29.9 Å². The second-order valence-electron chi connectivity index (χ2n) is 5.62. The summed E-state index contributed by atoms with van der Waals surface area (Å²) in [7, 11) is 0. The van der Waals surface area contributed by atoms with Crippen LogP contribution in [0.3, 0.4) is 0 Å². The van der Waals surface area contributed by atoms with E-state index in [9.17, 15) is 9.59 Å². The fraction of sp³-hybridized carbons (Fsp3) is 0.500. The molecule has 0 aliphatic heterocycles. The Morgan fingerprint density at radius 2 is 2.13 bits per heavy atom. The molecule has 128 valence electrons. The lowest BCUT2D eigenvalue weighted by molar-refractivity contribution is -0.125. The number of ether oxygens (including phenoxy) is 1. The molecule has 6 nitrogen and oxygen atoms in total. The van der Waals surface area contributed by atoms with Crippen LogP contribution in [0.15, 0.2) is 24.3 Å². The SMILES string of the molecule is CC(=O)Nc1cccc(OCCNC(=O)C2CCC(N)C2)c1.Cl. The number of hydrogen-bond donors (Lipinski definition) is 3. The van der Waals surface area contributed by atoms with Gasteiger partial charge in [-0.1, -0.05) is 6.07 Å². The van der Waals surface area contributed by atoms with Crippen LogP contribution in [0.4, 0.5) is 5.69 Å². The van der Waals surface area contributed by atoms with Gasteiger partial charge in [-0.15, -0.1) is 12.4 Å². The van der Waals surface area contributed by atoms with Gasteiger partial charge in [-0.2, -0.15) is 0 Å². The minimum absolute atomic E-state index is 0. The highest BCUT2D eigenvalue weighted by Crippen LogP contribution is 2.24. The Bertz CT molecular complexity index is 539. The number of nitrogens with one attached hydrogen (secondary N) is 2. The number of amides is 2. The zero-order valence-corrected chi connectivity index (χ0v) is 14.0. The van der Waals surface area contributed by atoms with Gasteiger partial charge in [0.05, 0.1) is 6.54 Å². The van der Waals surface area contributed by atoms with Gasteiger partial charge in [0.1, 0.15) is 12.4 Å². The summed E-state index contributed by atoms with van der Waals surface area (Å²) in [5.74, 6) is 0.629. The summed E-state index contributed by atoms with van der Waals surface area (Å²) in [6.07, 6.45) is 2.56. The molecule has 23 heavy (non-hydrogen) atoms. The molecule has 1 aromatic carbocycles. The Hall–Kier alpha value is -1.79. The van der Waals surface area contributed by atoms with E-state index in [-0.39, 0.29) is 36.2 Å². The summed E-state index contributed by atoms with van der Waals surface area (Å²) in [6.45, 7) is 2.29. The lowest BCUT2D eigenvalue weighted by Gasteiger charge is -2.12. The molecule has 0 aromatic heterocycles. The first-order valence-corrected chi connectivity index (χ1v) is 7.58. The summed E-state index contributed by atoms with van der Waals surface area (Å²) in [4.78, 5) is 22.9. The van der Waals surface area contributed by atoms with E-state index in [1.54, 1.807) is 18.2 Å². The Morgan fingerprint density at radius 1 is 1.35 bits per heavy atom. The molecule has 1 aliphatic carbocycles. The molecule has 4 N–H and O–H groups in total. The Morgan fingerprint density at radius 3 is 2.78 bits per heavy atom. The van der Waals surface area contributed by atoms with Crippen LogP contribution >= 0.6 is 12.4 Å². The summed E-state index contributed by atoms with van der Waals surface area (Å²) in [5, 5.41) is 5.57. The minimum Gasteiger partial charge on any atom is -0.492 e. The highest BCUT2D eigenvalue weighted by molar-refractivity contribution is 5.88. The normalized spacial score (nSPS) is 19.6. The van der Waals surface area contributed by atoms with Crippen molar-refractivity contribution in [3.8, 4) is 5.75 Å². The molecule has 1 saturated carbocycles. The number of halogens is 1. The van der Waals surface area contributed by atoms with Crippen LogP contribution in [-0.4, -0.2) is 31.0 Å². The molecule has 2 rings (SSSR count). The third kappa shape index (κ3) is 6.46. The lowest BCUT2D eigenvalue weighted by atomic mass is 10.1. The van der Waals surface area contributed by atoms with Gasteiger partial charge >= 0.3 is 0 Å². The summed E-state index contributed by atoms with van der Waals surface area (Å²) >= 11 is 0. The zero-order chi connectivity index (χ0) is 15.9. The number of carbonyl (C=O) groups is 2. The quantitative estimate of drug-likeness (QED) is 0.686. The van der Waals surface area contributed by atoms with Gasteiger partial charge in [-0.25, -0.2) is 0 Å². The Balaban J connectivity index is 0.00000264. The number of benzene rings is 1. The van der Waals surface area contributed by atoms with Crippen molar-refractivity contribution in [2.24, 2.45) is 11.7 Å². The molecule has 0 saturated heterocycles. The van der Waals surface area contributed by atoms with Crippen molar-refractivity contribution in [2.45, 2.75) is 32.2 Å². The van der Waals surface area contributed by atoms with Crippen LogP contribution in [0.2, 0.25) is 0 Å². The number of hydrogen-bond acceptors (Lipinski definition) is 4. The van der Waals surface area contributed by atoms with E-state index in [0.717, 1.165) is 19.3 Å². The van der Waals surface area contributed by atoms with Crippen molar-refractivity contribution in [1.82, 2.24) is 5.32 Å². The van der Waals surface area contributed by atoms with Crippen LogP contribution in [0.1, 0.15) is 26.2 Å². The highest BCUT2D eigenvalue weighted by atomic mass is 35.5. The summed E-state index contributed by atoms with van der Waals surface area (Å²) < 4.78 is 5.57. The second kappa shape index (κ2) is 9.37. The summed E-state index contributed by atoms with van der Waals surface area (Å²) in [5.41, 5.74) is 6.50. The van der Waals surface area contributed by atoms with E-state index in [1.165, 1.54) is 6.92 Å². The van der Waals surface area contributed by atoms with Gasteiger partial charge in [0, 0.05) is 30.6 Å². The Labute approximate surface area is 142 Å². The van der Waals surface area contributed by atoms with E-state index >= 15 is 0 Å². The second-order valence-corrected chi connectivity index (χ2v) is 5.62. The maximum absolute atomic E-state index is 11.9. The van der Waals surface area contributed by atoms with Crippen molar-refractivity contribution in [2.75, 3.05) is 18.5 Å². The molecule has 0 heterocycles. The van der Waals surface area contributed by atoms with E-state index in [4.69, 9.17) is 10.5 Å². The number of anilines is 1. The molecule has 0 spiro atoms. The van der Waals surface area contributed by atoms with Gasteiger partial charge in [-0.05, 0) is 31.4 Å². The van der Waals surface area contributed by atoms with E-state index in [0.29, 0.717) is 24.6 Å². The highest BCUT2D eigenvalue weighted by Gasteiger charge is 2.27. The molecule has 0 bridgehead atoms. The fourth-order valence-electron chi connectivity index (χ4n) is 2.61. The predicted molar refractivity (Wildman–Crippen MR) is 91.8 cm³/mol. The maximum Gasteiger partial charge on any atom is 0.223 e. The van der Waals surface area contributed by atoms with E-state index in [2.05, 4.69) is 10.6 Å². The standard InChI is InChI=1S/C16H23N3O3.ClH/c1-11(20)19-14-3-2-4-15(10-14)22-8-7-18-16(21)12-5-6-13(17)9-12;/h2-4,10,12-13H,5-9,17H2,1H3,(H,18,21)(H,19,20);1H. The Kier molecular flexibility index (Phi) is 7.85. The van der Waals surface area contributed by atoms with Crippen LogP contribution in [0, 0.1) is 5.92 Å². The molecule has 2 atom stereocenters. The van der Waals surface area contributed by atoms with Crippen LogP contribution < -0.4 is 21.1 Å². The zero-order valence-electron chi connectivity index (χ0n) is 13.2. The number of rotatable bonds is 6. The van der Waals surface area contributed by atoms with E-state index < -0.39 is 0 Å². The number of nitrogens with two attached hydrogens (primary N) is 1. The first-order valence-electron chi connectivity index (χ1n) is 7.58. The molecular formula is C16H24ClN3O3. The average Bonchev–Trinajstić information content (AvgIpc) is 2.90. The number of carbonyl (C=O) groups excluding carboxylic acids is 2. The van der Waals surface area contributed by atoms with Gasteiger partial charge in [0.15, 0.2) is 0 Å².